The van der Waals surface area contributed by atoms with E-state index in [1.807, 2.05) is 0 Å². The molecule has 5 aliphatic rings. The Labute approximate surface area is 182 Å². The first-order valence-electron chi connectivity index (χ1n) is 11.2. The first-order chi connectivity index (χ1) is 14.7. The van der Waals surface area contributed by atoms with Crippen LogP contribution in [0.1, 0.15) is 63.0 Å². The molecule has 8 heteroatoms. The molecule has 5 aliphatic carbocycles. The van der Waals surface area contributed by atoms with Crippen LogP contribution in [0.2, 0.25) is 0 Å². The molecule has 0 saturated heterocycles. The Morgan fingerprint density at radius 1 is 1.03 bits per heavy atom. The Hall–Kier alpha value is -1.93. The SMILES string of the molecule is CC(=O)OC1C2CC3CC1CC(C(=O)Oc1ccc(S(=O)(=O)[O-])c4c1CCCC4)(C3)C2. The molecule has 0 aromatic heterocycles. The van der Waals surface area contributed by atoms with E-state index in [9.17, 15) is 22.6 Å². The molecule has 4 fully saturated rings. The smallest absolute Gasteiger partial charge is 0.317 e. The van der Waals surface area contributed by atoms with E-state index in [1.165, 1.54) is 19.1 Å². The van der Waals surface area contributed by atoms with Gasteiger partial charge in [0.2, 0.25) is 0 Å². The molecular formula is C23H27O7S-. The highest BCUT2D eigenvalue weighted by atomic mass is 32.2. The maximum atomic E-state index is 13.5. The van der Waals surface area contributed by atoms with E-state index in [0.29, 0.717) is 48.5 Å². The van der Waals surface area contributed by atoms with Crippen molar-refractivity contribution >= 4 is 22.1 Å². The van der Waals surface area contributed by atoms with E-state index in [-0.39, 0.29) is 34.8 Å². The van der Waals surface area contributed by atoms with Crippen molar-refractivity contribution in [1.29, 1.82) is 0 Å². The predicted octanol–water partition coefficient (Wildman–Crippen LogP) is 3.13. The van der Waals surface area contributed by atoms with Gasteiger partial charge in [-0.3, -0.25) is 9.59 Å². The average Bonchev–Trinajstić information content (AvgIpc) is 2.69. The van der Waals surface area contributed by atoms with Crippen molar-refractivity contribution in [2.24, 2.45) is 23.2 Å². The maximum Gasteiger partial charge on any atom is 0.317 e. The third-order valence-corrected chi connectivity index (χ3v) is 8.76. The minimum atomic E-state index is -4.57. The number of ether oxygens (including phenoxy) is 2. The second-order valence-electron chi connectivity index (χ2n) is 9.89. The molecule has 0 amide bonds. The standard InChI is InChI=1S/C23H28O7S/c1-13(24)29-21-15-8-14-9-16(21)12-23(10-14,11-15)22(25)30-19-6-7-20(31(26,27)28)18-5-3-2-4-17(18)19/h6-7,14-16,21H,2-5,8-12H2,1H3,(H,26,27,28)/p-1. The van der Waals surface area contributed by atoms with Gasteiger partial charge in [0, 0.05) is 6.92 Å². The highest BCUT2D eigenvalue weighted by molar-refractivity contribution is 7.85. The Morgan fingerprint density at radius 2 is 1.68 bits per heavy atom. The van der Waals surface area contributed by atoms with Crippen molar-refractivity contribution in [2.45, 2.75) is 75.7 Å². The summed E-state index contributed by atoms with van der Waals surface area (Å²) in [6.45, 7) is 1.43. The zero-order chi connectivity index (χ0) is 22.0. The number of carbonyl (C=O) groups excluding carboxylic acids is 2. The van der Waals surface area contributed by atoms with Crippen molar-refractivity contribution in [3.05, 3.63) is 23.3 Å². The van der Waals surface area contributed by atoms with Crippen LogP contribution in [-0.4, -0.2) is 31.0 Å². The Kier molecular flexibility index (Phi) is 4.93. The van der Waals surface area contributed by atoms with E-state index in [1.54, 1.807) is 0 Å². The van der Waals surface area contributed by atoms with E-state index in [0.717, 1.165) is 32.1 Å². The predicted molar refractivity (Wildman–Crippen MR) is 108 cm³/mol. The second-order valence-corrected chi connectivity index (χ2v) is 11.2. The summed E-state index contributed by atoms with van der Waals surface area (Å²) in [6.07, 6.45) is 6.73. The van der Waals surface area contributed by atoms with Crippen LogP contribution >= 0.6 is 0 Å². The van der Waals surface area contributed by atoms with E-state index < -0.39 is 15.5 Å². The van der Waals surface area contributed by atoms with Gasteiger partial charge in [0.05, 0.1) is 10.3 Å². The fraction of sp³-hybridized carbons (Fsp3) is 0.652. The number of benzene rings is 1. The van der Waals surface area contributed by atoms with Gasteiger partial charge in [-0.15, -0.1) is 0 Å². The Balaban J connectivity index is 1.42. The van der Waals surface area contributed by atoms with E-state index >= 15 is 0 Å². The minimum Gasteiger partial charge on any atom is -0.744 e. The van der Waals surface area contributed by atoms with Gasteiger partial charge in [-0.05, 0) is 98.8 Å². The van der Waals surface area contributed by atoms with Crippen LogP contribution in [-0.2, 0) is 37.3 Å². The number of hydrogen-bond donors (Lipinski definition) is 0. The molecule has 1 aromatic carbocycles. The van der Waals surface area contributed by atoms with Gasteiger partial charge in [0.25, 0.3) is 0 Å². The summed E-state index contributed by atoms with van der Waals surface area (Å²) in [5.41, 5.74) is 0.615. The molecule has 6 rings (SSSR count). The summed E-state index contributed by atoms with van der Waals surface area (Å²) in [7, 11) is -4.57. The molecule has 4 bridgehead atoms. The van der Waals surface area contributed by atoms with Crippen molar-refractivity contribution < 1.29 is 32.0 Å². The summed E-state index contributed by atoms with van der Waals surface area (Å²) in [6, 6.07) is 2.75. The lowest BCUT2D eigenvalue weighted by atomic mass is 9.48. The van der Waals surface area contributed by atoms with Gasteiger partial charge >= 0.3 is 11.9 Å². The summed E-state index contributed by atoms with van der Waals surface area (Å²) in [5, 5.41) is 0. The molecule has 2 atom stereocenters. The molecule has 2 unspecified atom stereocenters. The maximum absolute atomic E-state index is 13.5. The van der Waals surface area contributed by atoms with Crippen LogP contribution in [0.5, 0.6) is 5.75 Å². The van der Waals surface area contributed by atoms with Crippen molar-refractivity contribution in [3.8, 4) is 5.75 Å². The molecule has 0 heterocycles. The monoisotopic (exact) mass is 447 g/mol. The zero-order valence-electron chi connectivity index (χ0n) is 17.6. The van der Waals surface area contributed by atoms with Gasteiger partial charge in [-0.1, -0.05) is 0 Å². The van der Waals surface area contributed by atoms with Gasteiger partial charge in [0.1, 0.15) is 22.0 Å². The lowest BCUT2D eigenvalue weighted by Gasteiger charge is -2.57. The fourth-order valence-corrected chi connectivity index (χ4v) is 7.71. The quantitative estimate of drug-likeness (QED) is 0.396. The molecule has 0 spiro atoms. The molecule has 1 aromatic rings. The average molecular weight is 448 g/mol. The summed E-state index contributed by atoms with van der Waals surface area (Å²) in [5.74, 6) is 0.667. The summed E-state index contributed by atoms with van der Waals surface area (Å²) < 4.78 is 46.6. The van der Waals surface area contributed by atoms with Crippen LogP contribution in [0.25, 0.3) is 0 Å². The molecule has 0 aliphatic heterocycles. The van der Waals surface area contributed by atoms with Gasteiger partial charge in [0.15, 0.2) is 0 Å². The third kappa shape index (κ3) is 3.57. The largest absolute Gasteiger partial charge is 0.744 e. The first-order valence-corrected chi connectivity index (χ1v) is 12.6. The van der Waals surface area contributed by atoms with E-state index in [4.69, 9.17) is 9.47 Å². The van der Waals surface area contributed by atoms with Crippen LogP contribution in [0, 0.1) is 23.2 Å². The molecule has 4 saturated carbocycles. The number of rotatable bonds is 4. The van der Waals surface area contributed by atoms with Crippen LogP contribution < -0.4 is 4.74 Å². The molecule has 31 heavy (non-hydrogen) atoms. The second kappa shape index (κ2) is 7.30. The number of fused-ring (bicyclic) bond motifs is 1. The van der Waals surface area contributed by atoms with Gasteiger partial charge < -0.3 is 14.0 Å². The normalized spacial score (nSPS) is 33.6. The number of hydrogen-bond acceptors (Lipinski definition) is 7. The first kappa shape index (κ1) is 20.9. The van der Waals surface area contributed by atoms with Gasteiger partial charge in [-0.25, -0.2) is 8.42 Å². The van der Waals surface area contributed by atoms with Crippen molar-refractivity contribution in [1.82, 2.24) is 0 Å². The lowest BCUT2D eigenvalue weighted by Crippen LogP contribution is -2.58. The molecule has 0 N–H and O–H groups in total. The Morgan fingerprint density at radius 3 is 2.29 bits per heavy atom. The zero-order valence-corrected chi connectivity index (χ0v) is 18.4. The highest BCUT2D eigenvalue weighted by Crippen LogP contribution is 2.61. The highest BCUT2D eigenvalue weighted by Gasteiger charge is 2.60. The molecule has 7 nitrogen and oxygen atoms in total. The lowest BCUT2D eigenvalue weighted by molar-refractivity contribution is -0.189. The Bertz CT molecular complexity index is 1030. The molecular weight excluding hydrogens is 420 g/mol. The molecule has 168 valence electrons. The van der Waals surface area contributed by atoms with Crippen LogP contribution in [0.4, 0.5) is 0 Å². The van der Waals surface area contributed by atoms with Crippen LogP contribution in [0.15, 0.2) is 17.0 Å². The molecule has 0 radical (unpaired) electrons. The topological polar surface area (TPSA) is 110 Å². The number of carbonyl (C=O) groups is 2. The summed E-state index contributed by atoms with van der Waals surface area (Å²) >= 11 is 0. The summed E-state index contributed by atoms with van der Waals surface area (Å²) in [4.78, 5) is 24.8. The van der Waals surface area contributed by atoms with E-state index in [2.05, 4.69) is 0 Å². The number of esters is 2. The van der Waals surface area contributed by atoms with Crippen molar-refractivity contribution in [3.63, 3.8) is 0 Å². The van der Waals surface area contributed by atoms with Crippen LogP contribution in [0.3, 0.4) is 0 Å². The van der Waals surface area contributed by atoms with Crippen molar-refractivity contribution in [2.75, 3.05) is 0 Å². The fourth-order valence-electron chi connectivity index (χ4n) is 6.95. The van der Waals surface area contributed by atoms with Gasteiger partial charge in [-0.2, -0.15) is 0 Å². The minimum absolute atomic E-state index is 0.107. The third-order valence-electron chi connectivity index (χ3n) is 7.84.